The summed E-state index contributed by atoms with van der Waals surface area (Å²) in [4.78, 5) is 14.4. The first kappa shape index (κ1) is 13.7. The summed E-state index contributed by atoms with van der Waals surface area (Å²) in [5.41, 5.74) is 7.10. The molecule has 0 aliphatic heterocycles. The molecule has 1 aromatic carbocycles. The van der Waals surface area contributed by atoms with Gasteiger partial charge in [-0.25, -0.2) is 0 Å². The van der Waals surface area contributed by atoms with E-state index in [2.05, 4.69) is 6.92 Å². The lowest BCUT2D eigenvalue weighted by molar-refractivity contribution is 0.0743. The van der Waals surface area contributed by atoms with Crippen LogP contribution in [0.5, 0.6) is 5.75 Å². The summed E-state index contributed by atoms with van der Waals surface area (Å²) in [5.74, 6) is 0.728. The van der Waals surface area contributed by atoms with Crippen LogP contribution >= 0.6 is 0 Å². The van der Waals surface area contributed by atoms with Crippen LogP contribution in [-0.2, 0) is 0 Å². The van der Waals surface area contributed by atoms with Crippen LogP contribution in [0.25, 0.3) is 0 Å². The number of nitrogens with zero attached hydrogens (tertiary/aromatic N) is 1. The van der Waals surface area contributed by atoms with Crippen LogP contribution in [-0.4, -0.2) is 30.0 Å². The highest BCUT2D eigenvalue weighted by Gasteiger charge is 2.32. The molecular formula is C15H22N2O2. The van der Waals surface area contributed by atoms with E-state index in [4.69, 9.17) is 10.5 Å². The molecule has 0 atom stereocenters. The topological polar surface area (TPSA) is 55.6 Å². The number of amides is 1. The van der Waals surface area contributed by atoms with Gasteiger partial charge in [-0.2, -0.15) is 0 Å². The van der Waals surface area contributed by atoms with Crippen molar-refractivity contribution in [2.24, 2.45) is 0 Å². The molecule has 104 valence electrons. The second-order valence-corrected chi connectivity index (χ2v) is 4.92. The van der Waals surface area contributed by atoms with Gasteiger partial charge in [0.2, 0.25) is 0 Å². The Morgan fingerprint density at radius 3 is 2.68 bits per heavy atom. The number of carbonyl (C=O) groups excluding carboxylic acids is 1. The maximum Gasteiger partial charge on any atom is 0.254 e. The Kier molecular flexibility index (Phi) is 4.30. The maximum atomic E-state index is 12.5. The molecule has 1 fully saturated rings. The van der Waals surface area contributed by atoms with Gasteiger partial charge in [0.05, 0.1) is 12.3 Å². The number of benzene rings is 1. The summed E-state index contributed by atoms with van der Waals surface area (Å²) in [6.45, 7) is 5.39. The van der Waals surface area contributed by atoms with Gasteiger partial charge in [0.25, 0.3) is 5.91 Å². The van der Waals surface area contributed by atoms with Crippen molar-refractivity contribution in [3.63, 3.8) is 0 Å². The minimum absolute atomic E-state index is 0.0825. The molecule has 1 aromatic rings. The molecule has 0 spiro atoms. The Balaban J connectivity index is 2.15. The predicted octanol–water partition coefficient (Wildman–Crippen LogP) is 2.68. The molecular weight excluding hydrogens is 240 g/mol. The molecule has 1 saturated carbocycles. The van der Waals surface area contributed by atoms with Crippen molar-refractivity contribution in [3.8, 4) is 5.75 Å². The van der Waals surface area contributed by atoms with Crippen molar-refractivity contribution in [2.45, 2.75) is 39.2 Å². The number of nitrogens with two attached hydrogens (primary N) is 1. The molecule has 0 unspecified atom stereocenters. The van der Waals surface area contributed by atoms with Crippen molar-refractivity contribution >= 4 is 11.6 Å². The fourth-order valence-corrected chi connectivity index (χ4v) is 2.21. The third kappa shape index (κ3) is 3.19. The highest BCUT2D eigenvalue weighted by atomic mass is 16.5. The summed E-state index contributed by atoms with van der Waals surface area (Å²) < 4.78 is 5.39. The van der Waals surface area contributed by atoms with Crippen LogP contribution in [0, 0.1) is 0 Å². The second kappa shape index (κ2) is 5.95. The van der Waals surface area contributed by atoms with E-state index in [-0.39, 0.29) is 5.91 Å². The Bertz CT molecular complexity index is 455. The average molecular weight is 262 g/mol. The summed E-state index contributed by atoms with van der Waals surface area (Å²) in [6.07, 6.45) is 3.23. The molecule has 0 heterocycles. The lowest BCUT2D eigenvalue weighted by Gasteiger charge is -2.22. The van der Waals surface area contributed by atoms with Gasteiger partial charge < -0.3 is 15.4 Å². The number of hydrogen-bond donors (Lipinski definition) is 1. The van der Waals surface area contributed by atoms with Crippen molar-refractivity contribution < 1.29 is 9.53 Å². The zero-order valence-electron chi connectivity index (χ0n) is 11.7. The van der Waals surface area contributed by atoms with Crippen molar-refractivity contribution in [2.75, 3.05) is 18.9 Å². The molecule has 2 rings (SSSR count). The quantitative estimate of drug-likeness (QED) is 0.802. The molecule has 0 saturated heterocycles. The van der Waals surface area contributed by atoms with E-state index in [1.165, 1.54) is 0 Å². The summed E-state index contributed by atoms with van der Waals surface area (Å²) in [7, 11) is 0. The molecule has 4 nitrogen and oxygen atoms in total. The normalized spacial score (nSPS) is 14.2. The van der Waals surface area contributed by atoms with Gasteiger partial charge in [-0.1, -0.05) is 6.92 Å². The molecule has 0 aromatic heterocycles. The zero-order valence-corrected chi connectivity index (χ0v) is 11.7. The first-order chi connectivity index (χ1) is 9.17. The number of carbonyl (C=O) groups is 1. The lowest BCUT2D eigenvalue weighted by atomic mass is 10.1. The van der Waals surface area contributed by atoms with Gasteiger partial charge in [-0.05, 0) is 44.4 Å². The van der Waals surface area contributed by atoms with Crippen LogP contribution in [0.4, 0.5) is 5.69 Å². The van der Waals surface area contributed by atoms with Crippen molar-refractivity contribution in [1.29, 1.82) is 0 Å². The molecule has 1 amide bonds. The van der Waals surface area contributed by atoms with E-state index < -0.39 is 0 Å². The molecule has 0 bridgehead atoms. The number of rotatable bonds is 6. The minimum atomic E-state index is 0.0825. The van der Waals surface area contributed by atoms with E-state index in [1.807, 2.05) is 11.8 Å². The molecule has 0 radical (unpaired) electrons. The Labute approximate surface area is 114 Å². The maximum absolute atomic E-state index is 12.5. The average Bonchev–Trinajstić information content (AvgIpc) is 3.22. The first-order valence-electron chi connectivity index (χ1n) is 7.00. The largest absolute Gasteiger partial charge is 0.492 e. The third-order valence-electron chi connectivity index (χ3n) is 3.27. The van der Waals surface area contributed by atoms with Crippen molar-refractivity contribution in [1.82, 2.24) is 4.90 Å². The summed E-state index contributed by atoms with van der Waals surface area (Å²) >= 11 is 0. The molecule has 19 heavy (non-hydrogen) atoms. The van der Waals surface area contributed by atoms with Crippen LogP contribution in [0.15, 0.2) is 18.2 Å². The van der Waals surface area contributed by atoms with Gasteiger partial charge in [0.1, 0.15) is 5.75 Å². The Morgan fingerprint density at radius 2 is 2.16 bits per heavy atom. The SMILES string of the molecule is CCCN(C(=O)c1ccc(OCC)c(N)c1)C1CC1. The van der Waals surface area contributed by atoms with Gasteiger partial charge >= 0.3 is 0 Å². The third-order valence-corrected chi connectivity index (χ3v) is 3.27. The summed E-state index contributed by atoms with van der Waals surface area (Å²) in [5, 5.41) is 0. The minimum Gasteiger partial charge on any atom is -0.492 e. The first-order valence-corrected chi connectivity index (χ1v) is 7.00. The van der Waals surface area contributed by atoms with Gasteiger partial charge in [-0.15, -0.1) is 0 Å². The second-order valence-electron chi connectivity index (χ2n) is 4.92. The van der Waals surface area contributed by atoms with Gasteiger partial charge in [-0.3, -0.25) is 4.79 Å². The molecule has 1 aliphatic carbocycles. The highest BCUT2D eigenvalue weighted by molar-refractivity contribution is 5.95. The predicted molar refractivity (Wildman–Crippen MR) is 76.4 cm³/mol. The fourth-order valence-electron chi connectivity index (χ4n) is 2.21. The summed E-state index contributed by atoms with van der Waals surface area (Å²) in [6, 6.07) is 5.73. The lowest BCUT2D eigenvalue weighted by Crippen LogP contribution is -2.33. The van der Waals surface area contributed by atoms with Crippen LogP contribution in [0.2, 0.25) is 0 Å². The fraction of sp³-hybridized carbons (Fsp3) is 0.533. The van der Waals surface area contributed by atoms with Crippen molar-refractivity contribution in [3.05, 3.63) is 23.8 Å². The van der Waals surface area contributed by atoms with E-state index >= 15 is 0 Å². The monoisotopic (exact) mass is 262 g/mol. The van der Waals surface area contributed by atoms with E-state index in [9.17, 15) is 4.79 Å². The number of ether oxygens (including phenoxy) is 1. The Morgan fingerprint density at radius 1 is 1.42 bits per heavy atom. The highest BCUT2D eigenvalue weighted by Crippen LogP contribution is 2.30. The van der Waals surface area contributed by atoms with E-state index in [0.717, 1.165) is 25.8 Å². The van der Waals surface area contributed by atoms with E-state index in [0.29, 0.717) is 29.6 Å². The molecule has 2 N–H and O–H groups in total. The standard InChI is InChI=1S/C15H22N2O2/c1-3-9-17(12-6-7-12)15(18)11-5-8-14(19-4-2)13(16)10-11/h5,8,10,12H,3-4,6-7,9,16H2,1-2H3. The van der Waals surface area contributed by atoms with Crippen LogP contribution in [0.1, 0.15) is 43.5 Å². The Hall–Kier alpha value is -1.71. The smallest absolute Gasteiger partial charge is 0.254 e. The van der Waals surface area contributed by atoms with Gasteiger partial charge in [0.15, 0.2) is 0 Å². The number of anilines is 1. The zero-order chi connectivity index (χ0) is 13.8. The number of hydrogen-bond acceptors (Lipinski definition) is 3. The van der Waals surface area contributed by atoms with E-state index in [1.54, 1.807) is 18.2 Å². The van der Waals surface area contributed by atoms with Gasteiger partial charge in [0, 0.05) is 18.2 Å². The van der Waals surface area contributed by atoms with Crippen LogP contribution in [0.3, 0.4) is 0 Å². The number of nitrogen functional groups attached to an aromatic ring is 1. The van der Waals surface area contributed by atoms with Crippen LogP contribution < -0.4 is 10.5 Å². The molecule has 4 heteroatoms. The molecule has 1 aliphatic rings.